The molecule has 1 N–H and O–H groups in total. The molecule has 2 fully saturated rings. The van der Waals surface area contributed by atoms with E-state index in [1.165, 1.54) is 24.1 Å². The third-order valence-electron chi connectivity index (χ3n) is 3.59. The van der Waals surface area contributed by atoms with Crippen LogP contribution in [0, 0.1) is 5.82 Å². The molecule has 5 nitrogen and oxygen atoms in total. The van der Waals surface area contributed by atoms with Crippen LogP contribution in [-0.4, -0.2) is 35.9 Å². The van der Waals surface area contributed by atoms with Crippen molar-refractivity contribution in [2.75, 3.05) is 12.4 Å². The van der Waals surface area contributed by atoms with Crippen LogP contribution < -0.4 is 10.1 Å². The minimum atomic E-state index is -0.601. The summed E-state index contributed by atoms with van der Waals surface area (Å²) in [5.74, 6) is -0.727. The molecule has 1 saturated carbocycles. The number of amides is 2. The van der Waals surface area contributed by atoms with Crippen molar-refractivity contribution in [2.24, 2.45) is 0 Å². The summed E-state index contributed by atoms with van der Waals surface area (Å²) in [6, 6.07) is 3.85. The van der Waals surface area contributed by atoms with Gasteiger partial charge in [0, 0.05) is 17.8 Å². The molecule has 0 aromatic heterocycles. The number of halogens is 1. The van der Waals surface area contributed by atoms with Crippen LogP contribution in [0.4, 0.5) is 10.1 Å². The van der Waals surface area contributed by atoms with Crippen molar-refractivity contribution in [3.8, 4) is 5.75 Å². The molecular weight excluding hydrogens is 263 g/mol. The largest absolute Gasteiger partial charge is 0.494 e. The van der Waals surface area contributed by atoms with Crippen molar-refractivity contribution in [2.45, 2.75) is 31.3 Å². The molecular formula is C14H15FN2O3. The summed E-state index contributed by atoms with van der Waals surface area (Å²) < 4.78 is 18.4. The molecule has 1 heterocycles. The number of hydrogen-bond donors (Lipinski definition) is 1. The lowest BCUT2D eigenvalue weighted by molar-refractivity contribution is -0.139. The molecule has 2 aliphatic rings. The number of carbonyl (C=O) groups excluding carboxylic acids is 2. The zero-order chi connectivity index (χ0) is 14.3. The first-order valence-electron chi connectivity index (χ1n) is 6.56. The lowest BCUT2D eigenvalue weighted by atomic mass is 10.2. The Morgan fingerprint density at radius 2 is 2.10 bits per heavy atom. The molecule has 3 rings (SSSR count). The number of nitrogens with one attached hydrogen (secondary N) is 1. The number of benzene rings is 1. The van der Waals surface area contributed by atoms with Crippen LogP contribution in [0.15, 0.2) is 18.2 Å². The Hall–Kier alpha value is -2.11. The Labute approximate surface area is 115 Å². The fourth-order valence-electron chi connectivity index (χ4n) is 2.44. The van der Waals surface area contributed by atoms with Gasteiger partial charge in [-0.1, -0.05) is 0 Å². The Morgan fingerprint density at radius 1 is 1.35 bits per heavy atom. The summed E-state index contributed by atoms with van der Waals surface area (Å²) in [6.45, 7) is 0. The lowest BCUT2D eigenvalue weighted by Crippen LogP contribution is -2.36. The summed E-state index contributed by atoms with van der Waals surface area (Å²) in [5, 5.41) is 2.92. The summed E-state index contributed by atoms with van der Waals surface area (Å²) in [7, 11) is 1.39. The van der Waals surface area contributed by atoms with E-state index >= 15 is 0 Å². The second-order valence-corrected chi connectivity index (χ2v) is 5.08. The van der Waals surface area contributed by atoms with E-state index in [-0.39, 0.29) is 30.0 Å². The molecule has 20 heavy (non-hydrogen) atoms. The van der Waals surface area contributed by atoms with Crippen molar-refractivity contribution in [1.82, 2.24) is 4.90 Å². The minimum absolute atomic E-state index is 0.0782. The second-order valence-electron chi connectivity index (χ2n) is 5.08. The van der Waals surface area contributed by atoms with Crippen LogP contribution in [0.3, 0.4) is 0 Å². The van der Waals surface area contributed by atoms with Crippen LogP contribution in [0.25, 0.3) is 0 Å². The van der Waals surface area contributed by atoms with E-state index in [9.17, 15) is 14.0 Å². The molecule has 0 bridgehead atoms. The number of likely N-dealkylation sites (tertiary alicyclic amines) is 1. The topological polar surface area (TPSA) is 58.6 Å². The third kappa shape index (κ3) is 2.21. The fourth-order valence-corrected chi connectivity index (χ4v) is 2.44. The number of imide groups is 1. The first-order valence-corrected chi connectivity index (χ1v) is 6.56. The van der Waals surface area contributed by atoms with Gasteiger partial charge < -0.3 is 10.1 Å². The van der Waals surface area contributed by atoms with Gasteiger partial charge in [-0.05, 0) is 25.0 Å². The molecule has 6 heteroatoms. The average molecular weight is 278 g/mol. The molecule has 106 valence electrons. The number of ether oxygens (including phenoxy) is 1. The van der Waals surface area contributed by atoms with Gasteiger partial charge >= 0.3 is 0 Å². The highest BCUT2D eigenvalue weighted by Gasteiger charge is 2.46. The maximum atomic E-state index is 13.6. The van der Waals surface area contributed by atoms with Crippen molar-refractivity contribution >= 4 is 17.5 Å². The molecule has 2 amide bonds. The van der Waals surface area contributed by atoms with Gasteiger partial charge in [-0.3, -0.25) is 14.5 Å². The van der Waals surface area contributed by atoms with Gasteiger partial charge in [0.15, 0.2) is 11.6 Å². The lowest BCUT2D eigenvalue weighted by Gasteiger charge is -2.15. The van der Waals surface area contributed by atoms with E-state index in [0.717, 1.165) is 12.8 Å². The smallest absolute Gasteiger partial charge is 0.252 e. The predicted molar refractivity (Wildman–Crippen MR) is 69.9 cm³/mol. The highest BCUT2D eigenvalue weighted by Crippen LogP contribution is 2.32. The quantitative estimate of drug-likeness (QED) is 0.849. The Balaban J connectivity index is 1.73. The van der Waals surface area contributed by atoms with E-state index < -0.39 is 11.9 Å². The Kier molecular flexibility index (Phi) is 3.08. The Bertz CT molecular complexity index is 572. The van der Waals surface area contributed by atoms with Crippen LogP contribution in [0.2, 0.25) is 0 Å². The predicted octanol–water partition coefficient (Wildman–Crippen LogP) is 1.54. The van der Waals surface area contributed by atoms with Crippen molar-refractivity contribution in [3.63, 3.8) is 0 Å². The SMILES string of the molecule is COc1ccc(NC2CC(=O)N(C3CC3)C2=O)cc1F. The van der Waals surface area contributed by atoms with Gasteiger partial charge in [0.05, 0.1) is 13.5 Å². The van der Waals surface area contributed by atoms with Crippen LogP contribution in [-0.2, 0) is 9.59 Å². The minimum Gasteiger partial charge on any atom is -0.494 e. The molecule has 1 aromatic rings. The van der Waals surface area contributed by atoms with Crippen molar-refractivity contribution in [3.05, 3.63) is 24.0 Å². The average Bonchev–Trinajstić information content (AvgIpc) is 3.19. The monoisotopic (exact) mass is 278 g/mol. The summed E-state index contributed by atoms with van der Waals surface area (Å²) in [4.78, 5) is 25.3. The first-order chi connectivity index (χ1) is 9.60. The molecule has 1 saturated heterocycles. The summed E-state index contributed by atoms with van der Waals surface area (Å²) in [5.41, 5.74) is 0.465. The van der Waals surface area contributed by atoms with E-state index in [2.05, 4.69) is 5.32 Å². The zero-order valence-corrected chi connectivity index (χ0v) is 11.1. The van der Waals surface area contributed by atoms with Crippen LogP contribution in [0.5, 0.6) is 5.75 Å². The summed E-state index contributed by atoms with van der Waals surface area (Å²) >= 11 is 0. The maximum Gasteiger partial charge on any atom is 0.252 e. The van der Waals surface area contributed by atoms with Gasteiger partial charge in [-0.15, -0.1) is 0 Å². The van der Waals surface area contributed by atoms with Gasteiger partial charge in [0.1, 0.15) is 6.04 Å². The number of carbonyl (C=O) groups is 2. The molecule has 1 unspecified atom stereocenters. The molecule has 1 aliphatic heterocycles. The van der Waals surface area contributed by atoms with E-state index in [0.29, 0.717) is 5.69 Å². The van der Waals surface area contributed by atoms with E-state index in [1.807, 2.05) is 0 Å². The van der Waals surface area contributed by atoms with Gasteiger partial charge in [-0.2, -0.15) is 0 Å². The van der Waals surface area contributed by atoms with Crippen LogP contribution >= 0.6 is 0 Å². The van der Waals surface area contributed by atoms with E-state index in [4.69, 9.17) is 4.74 Å². The maximum absolute atomic E-state index is 13.6. The number of anilines is 1. The highest BCUT2D eigenvalue weighted by atomic mass is 19.1. The number of nitrogens with zero attached hydrogens (tertiary/aromatic N) is 1. The van der Waals surface area contributed by atoms with Gasteiger partial charge in [-0.25, -0.2) is 4.39 Å². The summed E-state index contributed by atoms with van der Waals surface area (Å²) in [6.07, 6.45) is 1.91. The van der Waals surface area contributed by atoms with Crippen molar-refractivity contribution in [1.29, 1.82) is 0 Å². The van der Waals surface area contributed by atoms with Crippen LogP contribution in [0.1, 0.15) is 19.3 Å². The zero-order valence-electron chi connectivity index (χ0n) is 11.1. The Morgan fingerprint density at radius 3 is 2.70 bits per heavy atom. The third-order valence-corrected chi connectivity index (χ3v) is 3.59. The molecule has 1 aliphatic carbocycles. The normalized spacial score (nSPS) is 22.3. The van der Waals surface area contributed by atoms with Crippen molar-refractivity contribution < 1.29 is 18.7 Å². The number of hydrogen-bond acceptors (Lipinski definition) is 4. The number of methoxy groups -OCH3 is 1. The molecule has 0 radical (unpaired) electrons. The highest BCUT2D eigenvalue weighted by molar-refractivity contribution is 6.07. The van der Waals surface area contributed by atoms with Gasteiger partial charge in [0.2, 0.25) is 5.91 Å². The second kappa shape index (κ2) is 4.77. The van der Waals surface area contributed by atoms with Gasteiger partial charge in [0.25, 0.3) is 5.91 Å². The molecule has 1 aromatic carbocycles. The van der Waals surface area contributed by atoms with E-state index in [1.54, 1.807) is 6.07 Å². The molecule has 0 spiro atoms. The molecule has 1 atom stereocenters. The first kappa shape index (κ1) is 12.9. The standard InChI is InChI=1S/C14H15FN2O3/c1-20-12-5-2-8(6-10(12)15)16-11-7-13(18)17(14(11)19)9-3-4-9/h2,5-6,9,11,16H,3-4,7H2,1H3. The number of rotatable bonds is 4. The fraction of sp³-hybridized carbons (Fsp3) is 0.429.